The number of hydrogen-bond donors (Lipinski definition) is 0. The monoisotopic (exact) mass is 281 g/mol. The summed E-state index contributed by atoms with van der Waals surface area (Å²) in [5, 5.41) is 3.01. The van der Waals surface area contributed by atoms with Gasteiger partial charge in [-0.05, 0) is 23.5 Å². The highest BCUT2D eigenvalue weighted by Crippen LogP contribution is 2.56. The SMILES string of the molecule is c1ccc(P(c2ccccc2)N2C3CCCCC32)cc1. The first-order valence-corrected chi connectivity index (χ1v) is 8.93. The van der Waals surface area contributed by atoms with Gasteiger partial charge in [-0.2, -0.15) is 0 Å². The minimum Gasteiger partial charge on any atom is -0.266 e. The topological polar surface area (TPSA) is 3.01 Å². The Morgan fingerprint density at radius 2 is 1.15 bits per heavy atom. The van der Waals surface area contributed by atoms with Crippen molar-refractivity contribution in [3.05, 3.63) is 60.7 Å². The Bertz CT molecular complexity index is 517. The number of rotatable bonds is 3. The predicted octanol–water partition coefficient (Wildman–Crippen LogP) is 3.66. The molecule has 0 amide bonds. The lowest BCUT2D eigenvalue weighted by molar-refractivity contribution is 0.571. The van der Waals surface area contributed by atoms with Gasteiger partial charge in [0.1, 0.15) is 0 Å². The van der Waals surface area contributed by atoms with Gasteiger partial charge in [0, 0.05) is 20.2 Å². The minimum absolute atomic E-state index is 0.316. The molecule has 2 heteroatoms. The van der Waals surface area contributed by atoms with Gasteiger partial charge in [0.15, 0.2) is 0 Å². The molecule has 4 rings (SSSR count). The van der Waals surface area contributed by atoms with Crippen LogP contribution in [0.3, 0.4) is 0 Å². The van der Waals surface area contributed by atoms with Gasteiger partial charge in [0.2, 0.25) is 0 Å². The molecule has 20 heavy (non-hydrogen) atoms. The summed E-state index contributed by atoms with van der Waals surface area (Å²) < 4.78 is 2.81. The Hall–Kier alpha value is -1.17. The first kappa shape index (κ1) is 12.6. The predicted molar refractivity (Wildman–Crippen MR) is 87.0 cm³/mol. The van der Waals surface area contributed by atoms with Gasteiger partial charge in [-0.25, -0.2) is 0 Å². The van der Waals surface area contributed by atoms with Gasteiger partial charge in [0.25, 0.3) is 0 Å². The number of hydrogen-bond acceptors (Lipinski definition) is 1. The molecule has 2 unspecified atom stereocenters. The minimum atomic E-state index is -0.316. The maximum atomic E-state index is 2.81. The van der Waals surface area contributed by atoms with E-state index in [-0.39, 0.29) is 8.07 Å². The molecule has 0 aromatic heterocycles. The van der Waals surface area contributed by atoms with Gasteiger partial charge >= 0.3 is 0 Å². The van der Waals surface area contributed by atoms with Crippen molar-refractivity contribution in [2.45, 2.75) is 37.8 Å². The van der Waals surface area contributed by atoms with Crippen LogP contribution in [0, 0.1) is 0 Å². The van der Waals surface area contributed by atoms with Crippen LogP contribution in [-0.2, 0) is 0 Å². The van der Waals surface area contributed by atoms with E-state index in [9.17, 15) is 0 Å². The molecule has 102 valence electrons. The van der Waals surface area contributed by atoms with Crippen LogP contribution in [0.2, 0.25) is 0 Å². The third-order valence-corrected chi connectivity index (χ3v) is 7.15. The first-order chi connectivity index (χ1) is 9.95. The molecular formula is C18H20NP. The average molecular weight is 281 g/mol. The van der Waals surface area contributed by atoms with Crippen LogP contribution in [0.1, 0.15) is 25.7 Å². The van der Waals surface area contributed by atoms with Crippen molar-refractivity contribution in [1.29, 1.82) is 0 Å². The fourth-order valence-electron chi connectivity index (χ4n) is 3.53. The molecule has 0 N–H and O–H groups in total. The van der Waals surface area contributed by atoms with Gasteiger partial charge in [0.05, 0.1) is 0 Å². The van der Waals surface area contributed by atoms with E-state index in [0.717, 1.165) is 12.1 Å². The second-order valence-corrected chi connectivity index (χ2v) is 7.90. The van der Waals surface area contributed by atoms with Crippen LogP contribution in [0.4, 0.5) is 0 Å². The molecule has 1 aliphatic carbocycles. The number of benzene rings is 2. The van der Waals surface area contributed by atoms with Crippen molar-refractivity contribution < 1.29 is 0 Å². The van der Waals surface area contributed by atoms with E-state index >= 15 is 0 Å². The molecule has 1 saturated carbocycles. The fraction of sp³-hybridized carbons (Fsp3) is 0.333. The van der Waals surface area contributed by atoms with Crippen LogP contribution < -0.4 is 10.6 Å². The Balaban J connectivity index is 1.71. The standard InChI is InChI=1S/C18H20NP/c1-3-9-15(10-4-1)20(16-11-5-2-6-12-16)19-17-13-7-8-14-18(17)19/h1-6,9-12,17-18H,7-8,13-14H2. The van der Waals surface area contributed by atoms with E-state index in [1.165, 1.54) is 36.3 Å². The Kier molecular flexibility index (Phi) is 3.34. The first-order valence-electron chi connectivity index (χ1n) is 7.63. The smallest absolute Gasteiger partial charge is 0.0303 e. The van der Waals surface area contributed by atoms with Crippen LogP contribution in [0.15, 0.2) is 60.7 Å². The third-order valence-electron chi connectivity index (χ3n) is 4.52. The highest BCUT2D eigenvalue weighted by molar-refractivity contribution is 7.71. The summed E-state index contributed by atoms with van der Waals surface area (Å²) in [5.41, 5.74) is 0. The van der Waals surface area contributed by atoms with Crippen molar-refractivity contribution in [2.24, 2.45) is 0 Å². The summed E-state index contributed by atoms with van der Waals surface area (Å²) in [7, 11) is -0.316. The molecule has 1 heterocycles. The van der Waals surface area contributed by atoms with Crippen molar-refractivity contribution >= 4 is 18.7 Å². The van der Waals surface area contributed by atoms with Crippen molar-refractivity contribution in [1.82, 2.24) is 4.67 Å². The fourth-order valence-corrected chi connectivity index (χ4v) is 6.34. The zero-order valence-electron chi connectivity index (χ0n) is 11.7. The van der Waals surface area contributed by atoms with Crippen LogP contribution in [0.25, 0.3) is 0 Å². The van der Waals surface area contributed by atoms with E-state index in [1.54, 1.807) is 0 Å². The van der Waals surface area contributed by atoms with Crippen LogP contribution in [0.5, 0.6) is 0 Å². The van der Waals surface area contributed by atoms with E-state index in [4.69, 9.17) is 0 Å². The van der Waals surface area contributed by atoms with Gasteiger partial charge in [-0.15, -0.1) is 0 Å². The molecule has 2 aliphatic rings. The molecule has 2 atom stereocenters. The lowest BCUT2D eigenvalue weighted by atomic mass is 10.0. The molecule has 1 aliphatic heterocycles. The average Bonchev–Trinajstić information content (AvgIpc) is 3.24. The van der Waals surface area contributed by atoms with Gasteiger partial charge in [-0.1, -0.05) is 73.5 Å². The summed E-state index contributed by atoms with van der Waals surface area (Å²) in [6.07, 6.45) is 5.65. The maximum absolute atomic E-state index is 2.81. The summed E-state index contributed by atoms with van der Waals surface area (Å²) in [5.74, 6) is 0. The normalized spacial score (nSPS) is 28.1. The Morgan fingerprint density at radius 1 is 0.700 bits per heavy atom. The van der Waals surface area contributed by atoms with E-state index in [2.05, 4.69) is 65.3 Å². The van der Waals surface area contributed by atoms with E-state index in [1.807, 2.05) is 0 Å². The van der Waals surface area contributed by atoms with Crippen LogP contribution in [-0.4, -0.2) is 16.8 Å². The lowest BCUT2D eigenvalue weighted by Crippen LogP contribution is -2.18. The van der Waals surface area contributed by atoms with Crippen LogP contribution >= 0.6 is 8.07 Å². The third kappa shape index (κ3) is 2.20. The zero-order valence-corrected chi connectivity index (χ0v) is 12.5. The van der Waals surface area contributed by atoms with E-state index in [0.29, 0.717) is 0 Å². The quantitative estimate of drug-likeness (QED) is 0.613. The maximum Gasteiger partial charge on any atom is 0.0303 e. The molecule has 0 bridgehead atoms. The summed E-state index contributed by atoms with van der Waals surface area (Å²) in [6, 6.07) is 23.9. The van der Waals surface area contributed by atoms with Crippen molar-refractivity contribution in [3.63, 3.8) is 0 Å². The van der Waals surface area contributed by atoms with E-state index < -0.39 is 0 Å². The molecule has 2 fully saturated rings. The van der Waals surface area contributed by atoms with Gasteiger partial charge in [-0.3, -0.25) is 4.67 Å². The summed E-state index contributed by atoms with van der Waals surface area (Å²) in [6.45, 7) is 0. The second-order valence-electron chi connectivity index (χ2n) is 5.78. The Morgan fingerprint density at radius 3 is 1.60 bits per heavy atom. The number of fused-ring (bicyclic) bond motifs is 1. The van der Waals surface area contributed by atoms with Crippen molar-refractivity contribution in [3.8, 4) is 0 Å². The molecule has 1 saturated heterocycles. The highest BCUT2D eigenvalue weighted by Gasteiger charge is 2.52. The summed E-state index contributed by atoms with van der Waals surface area (Å²) in [4.78, 5) is 0. The molecule has 0 spiro atoms. The molecule has 1 nitrogen and oxygen atoms in total. The molecular weight excluding hydrogens is 261 g/mol. The second kappa shape index (κ2) is 5.31. The van der Waals surface area contributed by atoms with Gasteiger partial charge < -0.3 is 0 Å². The Labute approximate surface area is 122 Å². The lowest BCUT2D eigenvalue weighted by Gasteiger charge is -2.21. The summed E-state index contributed by atoms with van der Waals surface area (Å²) >= 11 is 0. The molecule has 0 radical (unpaired) electrons. The van der Waals surface area contributed by atoms with Crippen molar-refractivity contribution in [2.75, 3.05) is 0 Å². The molecule has 2 aromatic carbocycles. The highest BCUT2D eigenvalue weighted by atomic mass is 31.1. The molecule has 2 aromatic rings. The number of nitrogens with zero attached hydrogens (tertiary/aromatic N) is 1. The zero-order chi connectivity index (χ0) is 13.4. The largest absolute Gasteiger partial charge is 0.266 e.